The number of hydrogen-bond acceptors (Lipinski definition) is 4. The fourth-order valence-electron chi connectivity index (χ4n) is 2.90. The molecule has 144 valence electrons. The number of likely N-dealkylation sites (N-methyl/N-ethyl adjacent to an activating group) is 1. The summed E-state index contributed by atoms with van der Waals surface area (Å²) in [5.41, 5.74) is 0. The zero-order chi connectivity index (χ0) is 19.1. The van der Waals surface area contributed by atoms with Crippen molar-refractivity contribution < 1.29 is 19.1 Å². The summed E-state index contributed by atoms with van der Waals surface area (Å²) in [7, 11) is 3.33. The Labute approximate surface area is 155 Å². The van der Waals surface area contributed by atoms with Crippen molar-refractivity contribution in [1.29, 1.82) is 0 Å². The summed E-state index contributed by atoms with van der Waals surface area (Å²) in [5, 5.41) is 2.90. The van der Waals surface area contributed by atoms with Crippen molar-refractivity contribution in [1.82, 2.24) is 15.1 Å². The van der Waals surface area contributed by atoms with E-state index in [0.29, 0.717) is 38.4 Å². The van der Waals surface area contributed by atoms with E-state index in [1.165, 1.54) is 0 Å². The molecular formula is C19H29N3O4. The van der Waals surface area contributed by atoms with Crippen molar-refractivity contribution in [2.24, 2.45) is 5.92 Å². The van der Waals surface area contributed by atoms with Gasteiger partial charge in [-0.2, -0.15) is 0 Å². The summed E-state index contributed by atoms with van der Waals surface area (Å²) in [6.45, 7) is 6.09. The van der Waals surface area contributed by atoms with Crippen molar-refractivity contribution in [3.8, 4) is 11.5 Å². The van der Waals surface area contributed by atoms with Crippen LogP contribution in [0.1, 0.15) is 20.3 Å². The van der Waals surface area contributed by atoms with Crippen LogP contribution in [-0.2, 0) is 4.79 Å². The minimum atomic E-state index is -0.158. The lowest BCUT2D eigenvalue weighted by atomic mass is 10.1. The number of carbonyl (C=O) groups is 2. The number of benzene rings is 1. The Morgan fingerprint density at radius 3 is 2.77 bits per heavy atom. The predicted molar refractivity (Wildman–Crippen MR) is 99.5 cm³/mol. The number of carbonyl (C=O) groups excluding carboxylic acids is 2. The molecule has 0 saturated carbocycles. The van der Waals surface area contributed by atoms with E-state index in [2.05, 4.69) is 5.32 Å². The van der Waals surface area contributed by atoms with Gasteiger partial charge in [-0.15, -0.1) is 0 Å². The summed E-state index contributed by atoms with van der Waals surface area (Å²) in [6, 6.07) is 7.40. The molecule has 1 aromatic rings. The van der Waals surface area contributed by atoms with Gasteiger partial charge in [0.15, 0.2) is 0 Å². The SMILES string of the molecule is COc1cccc(OCCN(C)C(=O)NCC2CC(=O)N(C(C)C)C2)c1. The molecule has 7 heteroatoms. The van der Waals surface area contributed by atoms with Crippen LogP contribution in [0, 0.1) is 5.92 Å². The molecular weight excluding hydrogens is 334 g/mol. The second-order valence-corrected chi connectivity index (χ2v) is 6.85. The molecule has 1 aliphatic heterocycles. The first-order valence-electron chi connectivity index (χ1n) is 8.96. The zero-order valence-electron chi connectivity index (χ0n) is 16.0. The van der Waals surface area contributed by atoms with Gasteiger partial charge in [-0.3, -0.25) is 4.79 Å². The van der Waals surface area contributed by atoms with E-state index < -0.39 is 0 Å². The van der Waals surface area contributed by atoms with Crippen molar-refractivity contribution in [2.75, 3.05) is 40.4 Å². The fraction of sp³-hybridized carbons (Fsp3) is 0.579. The number of amides is 3. The molecule has 1 saturated heterocycles. The Morgan fingerprint density at radius 1 is 1.38 bits per heavy atom. The van der Waals surface area contributed by atoms with Gasteiger partial charge in [0.25, 0.3) is 0 Å². The molecule has 0 bridgehead atoms. The highest BCUT2D eigenvalue weighted by Gasteiger charge is 2.31. The van der Waals surface area contributed by atoms with Gasteiger partial charge in [-0.05, 0) is 26.0 Å². The Bertz CT molecular complexity index is 621. The summed E-state index contributed by atoms with van der Waals surface area (Å²) in [5.74, 6) is 1.78. The summed E-state index contributed by atoms with van der Waals surface area (Å²) < 4.78 is 10.8. The number of rotatable bonds is 8. The maximum Gasteiger partial charge on any atom is 0.317 e. The van der Waals surface area contributed by atoms with Crippen LogP contribution in [0.15, 0.2) is 24.3 Å². The van der Waals surface area contributed by atoms with Crippen LogP contribution < -0.4 is 14.8 Å². The molecule has 0 aliphatic carbocycles. The molecule has 26 heavy (non-hydrogen) atoms. The van der Waals surface area contributed by atoms with Crippen LogP contribution in [0.4, 0.5) is 4.79 Å². The van der Waals surface area contributed by atoms with Gasteiger partial charge >= 0.3 is 6.03 Å². The number of nitrogens with one attached hydrogen (secondary N) is 1. The average Bonchev–Trinajstić information content (AvgIpc) is 3.00. The maximum atomic E-state index is 12.2. The average molecular weight is 363 g/mol. The molecule has 1 heterocycles. The van der Waals surface area contributed by atoms with Crippen molar-refractivity contribution in [2.45, 2.75) is 26.3 Å². The summed E-state index contributed by atoms with van der Waals surface area (Å²) in [4.78, 5) is 27.5. The zero-order valence-corrected chi connectivity index (χ0v) is 16.0. The summed E-state index contributed by atoms with van der Waals surface area (Å²) >= 11 is 0. The van der Waals surface area contributed by atoms with E-state index in [9.17, 15) is 9.59 Å². The number of likely N-dealkylation sites (tertiary alicyclic amines) is 1. The van der Waals surface area contributed by atoms with E-state index in [1.54, 1.807) is 25.1 Å². The molecule has 1 unspecified atom stereocenters. The predicted octanol–water partition coefficient (Wildman–Crippen LogP) is 1.97. The number of ether oxygens (including phenoxy) is 2. The number of methoxy groups -OCH3 is 1. The van der Waals surface area contributed by atoms with Crippen LogP contribution in [0.25, 0.3) is 0 Å². The fourth-order valence-corrected chi connectivity index (χ4v) is 2.90. The van der Waals surface area contributed by atoms with Gasteiger partial charge in [-0.1, -0.05) is 6.07 Å². The topological polar surface area (TPSA) is 71.1 Å². The van der Waals surface area contributed by atoms with Crippen LogP contribution in [-0.4, -0.2) is 68.2 Å². The number of hydrogen-bond donors (Lipinski definition) is 1. The maximum absolute atomic E-state index is 12.2. The first kappa shape index (κ1) is 19.9. The molecule has 2 rings (SSSR count). The third-order valence-corrected chi connectivity index (χ3v) is 4.49. The standard InChI is InChI=1S/C19H29N3O4/c1-14(2)22-13-15(10-18(22)23)12-20-19(24)21(3)8-9-26-17-7-5-6-16(11-17)25-4/h5-7,11,14-15H,8-10,12-13H2,1-4H3,(H,20,24). The molecule has 1 aliphatic rings. The van der Waals surface area contributed by atoms with Crippen molar-refractivity contribution >= 4 is 11.9 Å². The Morgan fingerprint density at radius 2 is 2.12 bits per heavy atom. The molecule has 1 fully saturated rings. The Hall–Kier alpha value is -2.44. The van der Waals surface area contributed by atoms with Crippen molar-refractivity contribution in [3.05, 3.63) is 24.3 Å². The molecule has 0 radical (unpaired) electrons. The second-order valence-electron chi connectivity index (χ2n) is 6.85. The monoisotopic (exact) mass is 363 g/mol. The molecule has 1 N–H and O–H groups in total. The molecule has 1 atom stereocenters. The molecule has 1 aromatic carbocycles. The molecule has 7 nitrogen and oxygen atoms in total. The first-order chi connectivity index (χ1) is 12.4. The van der Waals surface area contributed by atoms with Gasteiger partial charge < -0.3 is 24.6 Å². The summed E-state index contributed by atoms with van der Waals surface area (Å²) in [6.07, 6.45) is 0.501. The largest absolute Gasteiger partial charge is 0.497 e. The van der Waals surface area contributed by atoms with Gasteiger partial charge in [-0.25, -0.2) is 4.79 Å². The molecule has 0 aromatic heterocycles. The molecule has 3 amide bonds. The van der Waals surface area contributed by atoms with Gasteiger partial charge in [0.05, 0.1) is 13.7 Å². The van der Waals surface area contributed by atoms with Crippen LogP contribution in [0.5, 0.6) is 11.5 Å². The third-order valence-electron chi connectivity index (χ3n) is 4.49. The minimum Gasteiger partial charge on any atom is -0.497 e. The van der Waals surface area contributed by atoms with E-state index in [0.717, 1.165) is 5.75 Å². The normalized spacial score (nSPS) is 16.7. The van der Waals surface area contributed by atoms with Gasteiger partial charge in [0.1, 0.15) is 18.1 Å². The first-order valence-corrected chi connectivity index (χ1v) is 8.96. The number of urea groups is 1. The van der Waals surface area contributed by atoms with Crippen LogP contribution >= 0.6 is 0 Å². The smallest absolute Gasteiger partial charge is 0.317 e. The lowest BCUT2D eigenvalue weighted by Gasteiger charge is -2.22. The van der Waals surface area contributed by atoms with E-state index in [-0.39, 0.29) is 23.9 Å². The van der Waals surface area contributed by atoms with Crippen LogP contribution in [0.2, 0.25) is 0 Å². The van der Waals surface area contributed by atoms with E-state index in [4.69, 9.17) is 9.47 Å². The minimum absolute atomic E-state index is 0.158. The lowest BCUT2D eigenvalue weighted by Crippen LogP contribution is -2.41. The number of nitrogens with zero attached hydrogens (tertiary/aromatic N) is 2. The Kier molecular flexibility index (Phi) is 7.12. The Balaban J connectivity index is 1.68. The highest BCUT2D eigenvalue weighted by atomic mass is 16.5. The van der Waals surface area contributed by atoms with Crippen LogP contribution in [0.3, 0.4) is 0 Å². The van der Waals surface area contributed by atoms with Gasteiger partial charge in [0.2, 0.25) is 5.91 Å². The van der Waals surface area contributed by atoms with Crippen molar-refractivity contribution in [3.63, 3.8) is 0 Å². The highest BCUT2D eigenvalue weighted by Crippen LogP contribution is 2.20. The second kappa shape index (κ2) is 9.31. The quantitative estimate of drug-likeness (QED) is 0.767. The van der Waals surface area contributed by atoms with E-state index in [1.807, 2.05) is 36.9 Å². The highest BCUT2D eigenvalue weighted by molar-refractivity contribution is 5.79. The molecule has 0 spiro atoms. The third kappa shape index (κ3) is 5.54. The van der Waals surface area contributed by atoms with E-state index >= 15 is 0 Å². The lowest BCUT2D eigenvalue weighted by molar-refractivity contribution is -0.129. The van der Waals surface area contributed by atoms with Gasteiger partial charge in [0, 0.05) is 44.6 Å².